The molecule has 1 heterocycles. The maximum absolute atomic E-state index is 13.8. The van der Waals surface area contributed by atoms with Crippen LogP contribution in [-0.2, 0) is 16.2 Å². The minimum atomic E-state index is -0.949. The van der Waals surface area contributed by atoms with Crippen molar-refractivity contribution in [1.29, 1.82) is 0 Å². The van der Waals surface area contributed by atoms with Crippen LogP contribution in [0.15, 0.2) is 84.4 Å². The SMILES string of the molecule is CCOc1cc(/C=C2\C(=O)NC(=O)N(c3cccc(F)c3)C2=O)cc(I)c1OCc1ccc2ccccc2c1. The van der Waals surface area contributed by atoms with Crippen LogP contribution in [0, 0.1) is 9.39 Å². The van der Waals surface area contributed by atoms with Crippen LogP contribution >= 0.6 is 22.6 Å². The van der Waals surface area contributed by atoms with Gasteiger partial charge in [0.2, 0.25) is 0 Å². The Balaban J connectivity index is 1.44. The number of urea groups is 1. The number of nitrogens with one attached hydrogen (secondary N) is 1. The van der Waals surface area contributed by atoms with E-state index < -0.39 is 23.7 Å². The zero-order valence-electron chi connectivity index (χ0n) is 20.7. The standard InChI is InChI=1S/C30H22FIN2O5/c1-2-38-26-15-19(13-24-28(35)33-30(37)34(29(24)36)23-9-5-8-22(31)16-23)14-25(32)27(26)39-17-18-10-11-20-6-3-4-7-21(20)12-18/h3-16H,2,17H2,1H3,(H,33,35,37)/b24-13+. The first-order valence-electron chi connectivity index (χ1n) is 12.1. The van der Waals surface area contributed by atoms with Gasteiger partial charge in [-0.3, -0.25) is 14.9 Å². The minimum absolute atomic E-state index is 0.0120. The molecule has 9 heteroatoms. The number of hydrogen-bond acceptors (Lipinski definition) is 5. The Bertz CT molecular complexity index is 1650. The lowest BCUT2D eigenvalue weighted by atomic mass is 10.1. The number of imide groups is 2. The summed E-state index contributed by atoms with van der Waals surface area (Å²) in [6.45, 7) is 2.52. The summed E-state index contributed by atoms with van der Waals surface area (Å²) in [5, 5.41) is 4.40. The van der Waals surface area contributed by atoms with Gasteiger partial charge in [-0.2, -0.15) is 0 Å². The van der Waals surface area contributed by atoms with E-state index in [4.69, 9.17) is 9.47 Å². The van der Waals surface area contributed by atoms with Crippen LogP contribution < -0.4 is 19.7 Å². The second-order valence-electron chi connectivity index (χ2n) is 8.67. The summed E-state index contributed by atoms with van der Waals surface area (Å²) < 4.78 is 26.4. The Morgan fingerprint density at radius 1 is 0.923 bits per heavy atom. The van der Waals surface area contributed by atoms with E-state index in [1.54, 1.807) is 12.1 Å². The predicted octanol–water partition coefficient (Wildman–Crippen LogP) is 6.23. The zero-order valence-corrected chi connectivity index (χ0v) is 22.9. The Kier molecular flexibility index (Phi) is 7.60. The molecule has 0 saturated carbocycles. The summed E-state index contributed by atoms with van der Waals surface area (Å²) in [5.41, 5.74) is 1.22. The van der Waals surface area contributed by atoms with Crippen LogP contribution in [0.4, 0.5) is 14.9 Å². The number of hydrogen-bond donors (Lipinski definition) is 1. The van der Waals surface area contributed by atoms with Crippen LogP contribution in [0.25, 0.3) is 16.8 Å². The molecule has 0 radical (unpaired) electrons. The quantitative estimate of drug-likeness (QED) is 0.148. The highest BCUT2D eigenvalue weighted by atomic mass is 127. The fourth-order valence-electron chi connectivity index (χ4n) is 4.23. The summed E-state index contributed by atoms with van der Waals surface area (Å²) in [6, 6.07) is 21.7. The first kappa shape index (κ1) is 26.4. The molecule has 0 unspecified atom stereocenters. The van der Waals surface area contributed by atoms with Gasteiger partial charge in [0.25, 0.3) is 11.8 Å². The van der Waals surface area contributed by atoms with Gasteiger partial charge in [-0.15, -0.1) is 0 Å². The number of benzene rings is 4. The summed E-state index contributed by atoms with van der Waals surface area (Å²) >= 11 is 2.11. The lowest BCUT2D eigenvalue weighted by Crippen LogP contribution is -2.54. The number of halogens is 2. The van der Waals surface area contributed by atoms with Gasteiger partial charge >= 0.3 is 6.03 Å². The van der Waals surface area contributed by atoms with Gasteiger partial charge in [0, 0.05) is 0 Å². The lowest BCUT2D eigenvalue weighted by Gasteiger charge is -2.26. The number of nitrogens with zero attached hydrogens (tertiary/aromatic N) is 1. The van der Waals surface area contributed by atoms with Crippen LogP contribution in [0.5, 0.6) is 11.5 Å². The van der Waals surface area contributed by atoms with Crippen molar-refractivity contribution in [3.8, 4) is 11.5 Å². The van der Waals surface area contributed by atoms with E-state index >= 15 is 0 Å². The third-order valence-corrected chi connectivity index (χ3v) is 6.81. The van der Waals surface area contributed by atoms with Gasteiger partial charge < -0.3 is 9.47 Å². The second-order valence-corrected chi connectivity index (χ2v) is 9.83. The normalized spacial score (nSPS) is 14.6. The Hall–Kier alpha value is -4.25. The maximum Gasteiger partial charge on any atom is 0.335 e. The highest BCUT2D eigenvalue weighted by Crippen LogP contribution is 2.36. The number of amides is 4. The monoisotopic (exact) mass is 636 g/mol. The number of carbonyl (C=O) groups excluding carboxylic acids is 3. The molecule has 1 fully saturated rings. The molecule has 1 aliphatic heterocycles. The highest BCUT2D eigenvalue weighted by Gasteiger charge is 2.37. The molecule has 0 bridgehead atoms. The molecule has 0 aromatic heterocycles. The smallest absolute Gasteiger partial charge is 0.335 e. The summed E-state index contributed by atoms with van der Waals surface area (Å²) in [5.74, 6) is -1.35. The summed E-state index contributed by atoms with van der Waals surface area (Å²) in [4.78, 5) is 38.9. The van der Waals surface area contributed by atoms with Crippen LogP contribution in [0.3, 0.4) is 0 Å². The first-order valence-corrected chi connectivity index (χ1v) is 13.2. The minimum Gasteiger partial charge on any atom is -0.490 e. The fourth-order valence-corrected chi connectivity index (χ4v) is 5.01. The molecule has 0 spiro atoms. The Morgan fingerprint density at radius 3 is 2.49 bits per heavy atom. The number of anilines is 1. The van der Waals surface area contributed by atoms with Gasteiger partial charge in [-0.1, -0.05) is 42.5 Å². The molecule has 196 valence electrons. The van der Waals surface area contributed by atoms with Crippen molar-refractivity contribution in [3.05, 3.63) is 105 Å². The van der Waals surface area contributed by atoms with E-state index in [1.165, 1.54) is 24.3 Å². The molecule has 4 aromatic rings. The molecule has 5 rings (SSSR count). The molecule has 0 atom stereocenters. The topological polar surface area (TPSA) is 84.9 Å². The Morgan fingerprint density at radius 2 is 1.72 bits per heavy atom. The van der Waals surface area contributed by atoms with Crippen LogP contribution in [-0.4, -0.2) is 24.5 Å². The van der Waals surface area contributed by atoms with Gasteiger partial charge in [0.15, 0.2) is 11.5 Å². The zero-order chi connectivity index (χ0) is 27.5. The fraction of sp³-hybridized carbons (Fsp3) is 0.100. The number of ether oxygens (including phenoxy) is 2. The molecule has 7 nitrogen and oxygen atoms in total. The number of barbiturate groups is 1. The summed E-state index contributed by atoms with van der Waals surface area (Å²) in [6.07, 6.45) is 1.37. The number of carbonyl (C=O) groups is 3. The average molecular weight is 636 g/mol. The van der Waals surface area contributed by atoms with E-state index in [0.29, 0.717) is 33.8 Å². The molecule has 1 aliphatic rings. The van der Waals surface area contributed by atoms with E-state index in [-0.39, 0.29) is 11.3 Å². The third-order valence-electron chi connectivity index (χ3n) is 6.01. The molecular formula is C30H22FIN2O5. The van der Waals surface area contributed by atoms with E-state index in [1.807, 2.05) is 43.3 Å². The Labute approximate surface area is 237 Å². The molecular weight excluding hydrogens is 614 g/mol. The van der Waals surface area contributed by atoms with Crippen molar-refractivity contribution in [1.82, 2.24) is 5.32 Å². The maximum atomic E-state index is 13.8. The number of fused-ring (bicyclic) bond motifs is 1. The van der Waals surface area contributed by atoms with Crippen molar-refractivity contribution in [2.24, 2.45) is 0 Å². The van der Waals surface area contributed by atoms with Crippen molar-refractivity contribution >= 4 is 63.0 Å². The van der Waals surface area contributed by atoms with Gasteiger partial charge in [0.05, 0.1) is 15.9 Å². The van der Waals surface area contributed by atoms with Crippen molar-refractivity contribution in [3.63, 3.8) is 0 Å². The van der Waals surface area contributed by atoms with E-state index in [0.717, 1.165) is 27.3 Å². The largest absolute Gasteiger partial charge is 0.490 e. The molecule has 1 N–H and O–H groups in total. The molecule has 4 amide bonds. The molecule has 1 saturated heterocycles. The predicted molar refractivity (Wildman–Crippen MR) is 154 cm³/mol. The third kappa shape index (κ3) is 5.63. The lowest BCUT2D eigenvalue weighted by molar-refractivity contribution is -0.122. The molecule has 4 aromatic carbocycles. The van der Waals surface area contributed by atoms with Crippen LogP contribution in [0.1, 0.15) is 18.1 Å². The first-order chi connectivity index (χ1) is 18.8. The summed E-state index contributed by atoms with van der Waals surface area (Å²) in [7, 11) is 0. The highest BCUT2D eigenvalue weighted by molar-refractivity contribution is 14.1. The van der Waals surface area contributed by atoms with Gasteiger partial charge in [0.1, 0.15) is 18.0 Å². The van der Waals surface area contributed by atoms with Crippen molar-refractivity contribution < 1.29 is 28.2 Å². The van der Waals surface area contributed by atoms with E-state index in [9.17, 15) is 18.8 Å². The molecule has 39 heavy (non-hydrogen) atoms. The van der Waals surface area contributed by atoms with Crippen LogP contribution in [0.2, 0.25) is 0 Å². The second kappa shape index (κ2) is 11.2. The van der Waals surface area contributed by atoms with Crippen molar-refractivity contribution in [2.75, 3.05) is 11.5 Å². The van der Waals surface area contributed by atoms with Gasteiger partial charge in [-0.05, 0) is 93.9 Å². The van der Waals surface area contributed by atoms with E-state index in [2.05, 4.69) is 34.0 Å². The van der Waals surface area contributed by atoms with Crippen molar-refractivity contribution in [2.45, 2.75) is 13.5 Å². The number of rotatable bonds is 7. The van der Waals surface area contributed by atoms with Gasteiger partial charge in [-0.25, -0.2) is 14.1 Å². The molecule has 0 aliphatic carbocycles. The average Bonchev–Trinajstić information content (AvgIpc) is 2.90.